The smallest absolute Gasteiger partial charge is 0.339 e. The summed E-state index contributed by atoms with van der Waals surface area (Å²) >= 11 is 0. The predicted octanol–water partition coefficient (Wildman–Crippen LogP) is 3.21. The molecule has 0 bridgehead atoms. The molecule has 33 heavy (non-hydrogen) atoms. The number of fused-ring (bicyclic) bond motifs is 1. The van der Waals surface area contributed by atoms with Crippen molar-refractivity contribution in [1.29, 1.82) is 0 Å². The van der Waals surface area contributed by atoms with Crippen molar-refractivity contribution < 1.29 is 38.1 Å². The summed E-state index contributed by atoms with van der Waals surface area (Å²) in [5.41, 5.74) is 0.973. The number of benzene rings is 2. The molecule has 0 radical (unpaired) electrons. The molecule has 2 aromatic rings. The minimum atomic E-state index is -0.769. The monoisotopic (exact) mass is 455 g/mol. The van der Waals surface area contributed by atoms with E-state index in [4.69, 9.17) is 23.7 Å². The molecule has 1 aliphatic heterocycles. The Hall–Kier alpha value is -4.01. The minimum absolute atomic E-state index is 0.0174. The first-order valence-electron chi connectivity index (χ1n) is 10.1. The molecule has 9 heteroatoms. The van der Waals surface area contributed by atoms with E-state index < -0.39 is 24.1 Å². The summed E-state index contributed by atoms with van der Waals surface area (Å²) in [7, 11) is 3.97. The van der Waals surface area contributed by atoms with E-state index in [0.717, 1.165) is 0 Å². The van der Waals surface area contributed by atoms with Crippen LogP contribution in [0.15, 0.2) is 36.6 Å². The molecular weight excluding hydrogens is 430 g/mol. The van der Waals surface area contributed by atoms with Crippen molar-refractivity contribution in [3.05, 3.63) is 53.2 Å². The van der Waals surface area contributed by atoms with Crippen molar-refractivity contribution in [2.45, 2.75) is 20.1 Å². The number of carbonyl (C=O) groups excluding carboxylic acids is 3. The van der Waals surface area contributed by atoms with Gasteiger partial charge in [-0.25, -0.2) is 9.59 Å². The summed E-state index contributed by atoms with van der Waals surface area (Å²) in [6.07, 6.45) is 4.16. The standard InChI is InChI=1S/C24H25NO8/c1-6-32-19-12-16-15(10-18(19)29-3)9-17(23(27)30-4)22(24(28)31-5)21(16)14-7-8-25-20(11-14)33-13(2)26/h7-12,20,25H,6H2,1-5H3. The van der Waals surface area contributed by atoms with Gasteiger partial charge in [-0.2, -0.15) is 0 Å². The number of nitrogens with one attached hydrogen (secondary N) is 1. The lowest BCUT2D eigenvalue weighted by molar-refractivity contribution is -0.144. The molecule has 174 valence electrons. The van der Waals surface area contributed by atoms with Gasteiger partial charge in [0.1, 0.15) is 0 Å². The minimum Gasteiger partial charge on any atom is -0.493 e. The third-order valence-electron chi connectivity index (χ3n) is 4.95. The fraction of sp³-hybridized carbons (Fsp3) is 0.292. The number of methoxy groups -OCH3 is 3. The number of allylic oxidation sites excluding steroid dienone is 2. The van der Waals surface area contributed by atoms with Crippen LogP contribution in [0.25, 0.3) is 16.3 Å². The Bertz CT molecular complexity index is 1160. The maximum Gasteiger partial charge on any atom is 0.339 e. The van der Waals surface area contributed by atoms with Crippen molar-refractivity contribution in [2.75, 3.05) is 27.9 Å². The number of rotatable bonds is 7. The van der Waals surface area contributed by atoms with Gasteiger partial charge in [0.25, 0.3) is 0 Å². The average molecular weight is 455 g/mol. The maximum atomic E-state index is 12.9. The fourth-order valence-corrected chi connectivity index (χ4v) is 3.63. The molecule has 1 aliphatic rings. The second-order valence-corrected chi connectivity index (χ2v) is 6.97. The van der Waals surface area contributed by atoms with Crippen molar-refractivity contribution in [2.24, 2.45) is 0 Å². The molecule has 2 aromatic carbocycles. The van der Waals surface area contributed by atoms with Gasteiger partial charge in [-0.05, 0) is 53.6 Å². The Labute approximate surface area is 190 Å². The zero-order chi connectivity index (χ0) is 24.1. The number of dihydropyridines is 1. The Balaban J connectivity index is 2.44. The predicted molar refractivity (Wildman–Crippen MR) is 120 cm³/mol. The third kappa shape index (κ3) is 4.77. The zero-order valence-electron chi connectivity index (χ0n) is 19.0. The van der Waals surface area contributed by atoms with E-state index in [2.05, 4.69) is 5.32 Å². The summed E-state index contributed by atoms with van der Waals surface area (Å²) in [6, 6.07) is 4.99. The fourth-order valence-electron chi connectivity index (χ4n) is 3.63. The zero-order valence-corrected chi connectivity index (χ0v) is 19.0. The van der Waals surface area contributed by atoms with Crippen LogP contribution in [0.4, 0.5) is 0 Å². The van der Waals surface area contributed by atoms with Crippen LogP contribution in [0.1, 0.15) is 40.1 Å². The highest BCUT2D eigenvalue weighted by molar-refractivity contribution is 6.14. The molecule has 3 rings (SSSR count). The molecule has 0 spiro atoms. The van der Waals surface area contributed by atoms with E-state index in [0.29, 0.717) is 40.0 Å². The summed E-state index contributed by atoms with van der Waals surface area (Å²) in [4.78, 5) is 37.1. The molecule has 0 fully saturated rings. The summed E-state index contributed by atoms with van der Waals surface area (Å²) in [5.74, 6) is -0.988. The van der Waals surface area contributed by atoms with Crippen LogP contribution in [0.5, 0.6) is 11.5 Å². The van der Waals surface area contributed by atoms with Gasteiger partial charge in [0.2, 0.25) is 0 Å². The summed E-state index contributed by atoms with van der Waals surface area (Å²) in [6.45, 7) is 3.52. The van der Waals surface area contributed by atoms with Crippen molar-refractivity contribution in [3.8, 4) is 11.5 Å². The third-order valence-corrected chi connectivity index (χ3v) is 4.95. The SMILES string of the molecule is CCOc1cc2c(C3=CC(OC(C)=O)NC=C3)c(C(=O)OC)c(C(=O)OC)cc2cc1OC. The van der Waals surface area contributed by atoms with Crippen molar-refractivity contribution in [3.63, 3.8) is 0 Å². The van der Waals surface area contributed by atoms with Gasteiger partial charge in [0.15, 0.2) is 17.7 Å². The van der Waals surface area contributed by atoms with Crippen LogP contribution in [-0.2, 0) is 19.0 Å². The van der Waals surface area contributed by atoms with E-state index in [1.54, 1.807) is 36.6 Å². The molecule has 0 saturated carbocycles. The van der Waals surface area contributed by atoms with Crippen molar-refractivity contribution >= 4 is 34.3 Å². The van der Waals surface area contributed by atoms with Gasteiger partial charge in [-0.15, -0.1) is 0 Å². The lowest BCUT2D eigenvalue weighted by Gasteiger charge is -2.22. The largest absolute Gasteiger partial charge is 0.493 e. The van der Waals surface area contributed by atoms with Gasteiger partial charge in [-0.1, -0.05) is 0 Å². The lowest BCUT2D eigenvalue weighted by Crippen LogP contribution is -2.29. The van der Waals surface area contributed by atoms with Gasteiger partial charge in [0, 0.05) is 18.7 Å². The molecule has 1 unspecified atom stereocenters. The molecule has 1 N–H and O–H groups in total. The highest BCUT2D eigenvalue weighted by atomic mass is 16.6. The first-order valence-corrected chi connectivity index (χ1v) is 10.1. The number of carbonyl (C=O) groups is 3. The molecular formula is C24H25NO8. The first-order chi connectivity index (χ1) is 15.8. The normalized spacial score (nSPS) is 14.7. The molecule has 9 nitrogen and oxygen atoms in total. The van der Waals surface area contributed by atoms with Crippen LogP contribution in [0.3, 0.4) is 0 Å². The van der Waals surface area contributed by atoms with Crippen LogP contribution in [0.2, 0.25) is 0 Å². The number of hydrogen-bond donors (Lipinski definition) is 1. The van der Waals surface area contributed by atoms with E-state index >= 15 is 0 Å². The highest BCUT2D eigenvalue weighted by Gasteiger charge is 2.28. The van der Waals surface area contributed by atoms with Crippen LogP contribution >= 0.6 is 0 Å². The second kappa shape index (κ2) is 10.1. The Morgan fingerprint density at radius 2 is 1.73 bits per heavy atom. The molecule has 1 atom stereocenters. The van der Waals surface area contributed by atoms with Gasteiger partial charge in [0.05, 0.1) is 39.1 Å². The van der Waals surface area contributed by atoms with Crippen molar-refractivity contribution in [1.82, 2.24) is 5.32 Å². The second-order valence-electron chi connectivity index (χ2n) is 6.97. The van der Waals surface area contributed by atoms with E-state index in [-0.39, 0.29) is 11.1 Å². The molecule has 0 aromatic heterocycles. The van der Waals surface area contributed by atoms with Crippen LogP contribution in [-0.4, -0.2) is 52.1 Å². The molecule has 1 heterocycles. The molecule has 0 saturated heterocycles. The van der Waals surface area contributed by atoms with E-state index in [1.165, 1.54) is 28.3 Å². The maximum absolute atomic E-state index is 12.9. The number of esters is 3. The molecule has 0 aliphatic carbocycles. The van der Waals surface area contributed by atoms with Crippen LogP contribution in [0, 0.1) is 0 Å². The summed E-state index contributed by atoms with van der Waals surface area (Å²) in [5, 5.41) is 4.12. The Kier molecular flexibility index (Phi) is 7.22. The van der Waals surface area contributed by atoms with Gasteiger partial charge < -0.3 is 29.0 Å². The highest BCUT2D eigenvalue weighted by Crippen LogP contribution is 2.40. The average Bonchev–Trinajstić information content (AvgIpc) is 2.81. The number of hydrogen-bond acceptors (Lipinski definition) is 9. The number of ether oxygens (including phenoxy) is 5. The van der Waals surface area contributed by atoms with Gasteiger partial charge in [-0.3, -0.25) is 4.79 Å². The summed E-state index contributed by atoms with van der Waals surface area (Å²) < 4.78 is 26.4. The van der Waals surface area contributed by atoms with Crippen LogP contribution < -0.4 is 14.8 Å². The van der Waals surface area contributed by atoms with Gasteiger partial charge >= 0.3 is 17.9 Å². The first kappa shape index (κ1) is 23.6. The lowest BCUT2D eigenvalue weighted by atomic mass is 9.88. The van der Waals surface area contributed by atoms with E-state index in [1.807, 2.05) is 6.92 Å². The quantitative estimate of drug-likeness (QED) is 0.497. The molecule has 0 amide bonds. The Morgan fingerprint density at radius 3 is 2.33 bits per heavy atom. The van der Waals surface area contributed by atoms with E-state index in [9.17, 15) is 14.4 Å². The Morgan fingerprint density at radius 1 is 1.00 bits per heavy atom. The topological polar surface area (TPSA) is 109 Å².